The highest BCUT2D eigenvalue weighted by Crippen LogP contribution is 2.20. The van der Waals surface area contributed by atoms with E-state index in [1.807, 2.05) is 6.92 Å². The lowest BCUT2D eigenvalue weighted by molar-refractivity contribution is 0.116. The van der Waals surface area contributed by atoms with Crippen molar-refractivity contribution in [2.24, 2.45) is 0 Å². The summed E-state index contributed by atoms with van der Waals surface area (Å²) in [6.45, 7) is 5.05. The molecule has 0 aromatic heterocycles. The summed E-state index contributed by atoms with van der Waals surface area (Å²) < 4.78 is 7.70. The Morgan fingerprint density at radius 3 is 3.00 bits per heavy atom. The third-order valence-corrected chi connectivity index (χ3v) is 3.09. The van der Waals surface area contributed by atoms with Crippen LogP contribution >= 0.6 is 22.9 Å². The van der Waals surface area contributed by atoms with Gasteiger partial charge in [-0.15, -0.1) is 0 Å². The minimum atomic E-state index is 0.681. The van der Waals surface area contributed by atoms with E-state index in [-0.39, 0.29) is 0 Å². The van der Waals surface area contributed by atoms with E-state index >= 15 is 0 Å². The van der Waals surface area contributed by atoms with Crippen LogP contribution in [0.2, 0.25) is 0 Å². The molecule has 0 aromatic rings. The smallest absolute Gasteiger partial charge is 0.0629 e. The summed E-state index contributed by atoms with van der Waals surface area (Å²) >= 11 is 2.39. The van der Waals surface area contributed by atoms with Gasteiger partial charge < -0.3 is 4.74 Å². The standard InChI is InChI=1S/C7H14INO/c1-2-10-6-7-4-3-5-9(7)8/h7H,2-6H2,1H3. The summed E-state index contributed by atoms with van der Waals surface area (Å²) in [4.78, 5) is 0. The molecule has 3 heteroatoms. The summed E-state index contributed by atoms with van der Waals surface area (Å²) in [6.07, 6.45) is 2.64. The Balaban J connectivity index is 2.14. The fourth-order valence-electron chi connectivity index (χ4n) is 1.22. The average molecular weight is 255 g/mol. The Morgan fingerprint density at radius 1 is 1.70 bits per heavy atom. The lowest BCUT2D eigenvalue weighted by Crippen LogP contribution is -2.24. The van der Waals surface area contributed by atoms with Crippen molar-refractivity contribution >= 4 is 22.9 Å². The van der Waals surface area contributed by atoms with E-state index in [1.165, 1.54) is 19.4 Å². The van der Waals surface area contributed by atoms with Gasteiger partial charge in [-0.1, -0.05) is 0 Å². The quantitative estimate of drug-likeness (QED) is 0.563. The molecule has 1 rings (SSSR count). The maximum absolute atomic E-state index is 5.34. The molecule has 60 valence electrons. The molecule has 1 unspecified atom stereocenters. The third-order valence-electron chi connectivity index (χ3n) is 1.82. The molecule has 0 N–H and O–H groups in total. The number of rotatable bonds is 3. The van der Waals surface area contributed by atoms with Crippen molar-refractivity contribution in [2.75, 3.05) is 19.8 Å². The minimum Gasteiger partial charge on any atom is -0.380 e. The molecule has 1 fully saturated rings. The second kappa shape index (κ2) is 4.51. The van der Waals surface area contributed by atoms with Crippen LogP contribution in [0, 0.1) is 0 Å². The largest absolute Gasteiger partial charge is 0.380 e. The third kappa shape index (κ3) is 2.36. The summed E-state index contributed by atoms with van der Waals surface area (Å²) in [5.74, 6) is 0. The second-order valence-electron chi connectivity index (χ2n) is 2.58. The zero-order valence-electron chi connectivity index (χ0n) is 6.35. The van der Waals surface area contributed by atoms with Crippen LogP contribution in [0.3, 0.4) is 0 Å². The van der Waals surface area contributed by atoms with Crippen molar-refractivity contribution < 1.29 is 4.74 Å². The van der Waals surface area contributed by atoms with Crippen LogP contribution in [0.15, 0.2) is 0 Å². The highest BCUT2D eigenvalue weighted by molar-refractivity contribution is 14.1. The normalized spacial score (nSPS) is 27.6. The van der Waals surface area contributed by atoms with E-state index in [0.29, 0.717) is 6.04 Å². The van der Waals surface area contributed by atoms with Crippen molar-refractivity contribution in [3.05, 3.63) is 0 Å². The lowest BCUT2D eigenvalue weighted by atomic mass is 10.2. The molecule has 0 bridgehead atoms. The van der Waals surface area contributed by atoms with E-state index in [1.54, 1.807) is 0 Å². The van der Waals surface area contributed by atoms with Gasteiger partial charge in [-0.05, 0) is 19.8 Å². The van der Waals surface area contributed by atoms with Crippen molar-refractivity contribution in [2.45, 2.75) is 25.8 Å². The summed E-state index contributed by atoms with van der Waals surface area (Å²) in [5.41, 5.74) is 0. The van der Waals surface area contributed by atoms with E-state index in [0.717, 1.165) is 13.2 Å². The molecule has 1 saturated heterocycles. The van der Waals surface area contributed by atoms with Crippen LogP contribution in [-0.4, -0.2) is 28.9 Å². The second-order valence-corrected chi connectivity index (χ2v) is 3.82. The molecule has 0 saturated carbocycles. The summed E-state index contributed by atoms with van der Waals surface area (Å²) in [7, 11) is 0. The molecule has 0 aliphatic carbocycles. The maximum Gasteiger partial charge on any atom is 0.0629 e. The Bertz CT molecular complexity index is 99.6. The molecular formula is C7H14INO. The molecule has 0 spiro atoms. The lowest BCUT2D eigenvalue weighted by Gasteiger charge is -2.16. The molecule has 1 heterocycles. The van der Waals surface area contributed by atoms with E-state index in [9.17, 15) is 0 Å². The highest BCUT2D eigenvalue weighted by Gasteiger charge is 2.21. The zero-order valence-corrected chi connectivity index (χ0v) is 8.50. The van der Waals surface area contributed by atoms with Crippen LogP contribution < -0.4 is 0 Å². The number of halogens is 1. The molecule has 1 aliphatic rings. The van der Waals surface area contributed by atoms with Crippen molar-refractivity contribution in [1.29, 1.82) is 0 Å². The van der Waals surface area contributed by atoms with Crippen molar-refractivity contribution in [1.82, 2.24) is 3.11 Å². The highest BCUT2D eigenvalue weighted by atomic mass is 127. The van der Waals surface area contributed by atoms with Gasteiger partial charge in [0.25, 0.3) is 0 Å². The van der Waals surface area contributed by atoms with Crippen LogP contribution in [0.25, 0.3) is 0 Å². The van der Waals surface area contributed by atoms with Gasteiger partial charge >= 0.3 is 0 Å². The van der Waals surface area contributed by atoms with Crippen LogP contribution in [-0.2, 0) is 4.74 Å². The molecule has 10 heavy (non-hydrogen) atoms. The van der Waals surface area contributed by atoms with Crippen LogP contribution in [0.4, 0.5) is 0 Å². The van der Waals surface area contributed by atoms with Gasteiger partial charge in [0.05, 0.1) is 6.61 Å². The first-order valence-electron chi connectivity index (χ1n) is 3.84. The first-order chi connectivity index (χ1) is 4.84. The van der Waals surface area contributed by atoms with Gasteiger partial charge in [0, 0.05) is 42.1 Å². The van der Waals surface area contributed by atoms with Gasteiger partial charge in [0.15, 0.2) is 0 Å². The predicted octanol–water partition coefficient (Wildman–Crippen LogP) is 1.84. The van der Waals surface area contributed by atoms with Gasteiger partial charge in [0.1, 0.15) is 0 Å². The SMILES string of the molecule is CCOCC1CCCN1I. The molecule has 1 atom stereocenters. The Labute approximate surface area is 76.4 Å². The molecule has 2 nitrogen and oxygen atoms in total. The molecule has 0 aromatic carbocycles. The average Bonchev–Trinajstić information content (AvgIpc) is 2.31. The Morgan fingerprint density at radius 2 is 2.50 bits per heavy atom. The summed E-state index contributed by atoms with van der Waals surface area (Å²) in [5, 5.41) is 0. The predicted molar refractivity (Wildman–Crippen MR) is 50.2 cm³/mol. The van der Waals surface area contributed by atoms with Gasteiger partial charge in [-0.25, -0.2) is 3.11 Å². The molecule has 0 amide bonds. The van der Waals surface area contributed by atoms with Crippen molar-refractivity contribution in [3.8, 4) is 0 Å². The number of hydrogen-bond acceptors (Lipinski definition) is 2. The molecule has 0 radical (unpaired) electrons. The monoisotopic (exact) mass is 255 g/mol. The van der Waals surface area contributed by atoms with Crippen molar-refractivity contribution in [3.63, 3.8) is 0 Å². The van der Waals surface area contributed by atoms with Gasteiger partial charge in [-0.3, -0.25) is 0 Å². The fourth-order valence-corrected chi connectivity index (χ4v) is 2.00. The fraction of sp³-hybridized carbons (Fsp3) is 1.00. The van der Waals surface area contributed by atoms with Crippen LogP contribution in [0.1, 0.15) is 19.8 Å². The van der Waals surface area contributed by atoms with E-state index < -0.39 is 0 Å². The number of hydrogen-bond donors (Lipinski definition) is 0. The van der Waals surface area contributed by atoms with Gasteiger partial charge in [-0.2, -0.15) is 0 Å². The Kier molecular flexibility index (Phi) is 3.95. The number of nitrogens with zero attached hydrogens (tertiary/aromatic N) is 1. The topological polar surface area (TPSA) is 12.5 Å². The Hall–Kier alpha value is 0.650. The van der Waals surface area contributed by atoms with Gasteiger partial charge in [0.2, 0.25) is 0 Å². The minimum absolute atomic E-state index is 0.681. The maximum atomic E-state index is 5.34. The molecular weight excluding hydrogens is 241 g/mol. The number of ether oxygens (including phenoxy) is 1. The van der Waals surface area contributed by atoms with E-state index in [4.69, 9.17) is 4.74 Å². The summed E-state index contributed by atoms with van der Waals surface area (Å²) in [6, 6.07) is 0.681. The van der Waals surface area contributed by atoms with E-state index in [2.05, 4.69) is 26.0 Å². The molecule has 1 aliphatic heterocycles. The zero-order chi connectivity index (χ0) is 7.40. The van der Waals surface area contributed by atoms with Crippen LogP contribution in [0.5, 0.6) is 0 Å². The first-order valence-corrected chi connectivity index (χ1v) is 4.81. The first kappa shape index (κ1) is 8.74.